The van der Waals surface area contributed by atoms with Gasteiger partial charge in [0.1, 0.15) is 0 Å². The quantitative estimate of drug-likeness (QED) is 0.633. The van der Waals surface area contributed by atoms with Crippen LogP contribution in [-0.2, 0) is 24.9 Å². The van der Waals surface area contributed by atoms with Crippen molar-refractivity contribution < 1.29 is 13.2 Å². The number of rotatable bonds is 4. The molecule has 4 nitrogen and oxygen atoms in total. The number of carbonyl (C=O) groups excluding carboxylic acids is 1. The zero-order valence-electron chi connectivity index (χ0n) is 12.0. The maximum absolute atomic E-state index is 11.8. The Balaban J connectivity index is 2.39. The van der Waals surface area contributed by atoms with Crippen molar-refractivity contribution in [3.05, 3.63) is 35.4 Å². The number of isocyanates is 1. The van der Waals surface area contributed by atoms with E-state index in [1.165, 1.54) is 6.26 Å². The molecule has 0 N–H and O–H groups in total. The fourth-order valence-corrected chi connectivity index (χ4v) is 3.02. The van der Waals surface area contributed by atoms with Crippen LogP contribution in [0.1, 0.15) is 44.2 Å². The largest absolute Gasteiger partial charge is 0.235 e. The van der Waals surface area contributed by atoms with E-state index in [9.17, 15) is 13.2 Å². The van der Waals surface area contributed by atoms with Gasteiger partial charge in [-0.2, -0.15) is 4.99 Å². The molecule has 0 aliphatic heterocycles. The van der Waals surface area contributed by atoms with Crippen LogP contribution in [0.3, 0.4) is 0 Å². The van der Waals surface area contributed by atoms with Gasteiger partial charge in [-0.05, 0) is 44.2 Å². The molecule has 1 aromatic carbocycles. The summed E-state index contributed by atoms with van der Waals surface area (Å²) in [5.41, 5.74) is 1.27. The van der Waals surface area contributed by atoms with Crippen molar-refractivity contribution in [1.82, 2.24) is 0 Å². The number of nitrogens with zero attached hydrogens (tertiary/aromatic N) is 1. The smallest absolute Gasteiger partial charge is 0.228 e. The van der Waals surface area contributed by atoms with E-state index in [4.69, 9.17) is 0 Å². The third-order valence-electron chi connectivity index (χ3n) is 4.48. The number of benzene rings is 1. The molecule has 1 saturated carbocycles. The SMILES string of the molecule is CC(C)(c1ccc(C2(N=C=O)CCC2)cc1)S(C)(=O)=O. The molecule has 20 heavy (non-hydrogen) atoms. The van der Waals surface area contributed by atoms with Crippen molar-refractivity contribution in [1.29, 1.82) is 0 Å². The molecule has 0 unspecified atom stereocenters. The lowest BCUT2D eigenvalue weighted by Gasteiger charge is -2.37. The van der Waals surface area contributed by atoms with Gasteiger partial charge in [0.05, 0.1) is 10.3 Å². The average molecular weight is 293 g/mol. The van der Waals surface area contributed by atoms with Crippen LogP contribution in [0.2, 0.25) is 0 Å². The highest BCUT2D eigenvalue weighted by molar-refractivity contribution is 7.91. The molecular formula is C15H19NO3S. The topological polar surface area (TPSA) is 63.6 Å². The minimum absolute atomic E-state index is 0.435. The second-order valence-electron chi connectivity index (χ2n) is 5.95. The average Bonchev–Trinajstić information content (AvgIpc) is 2.32. The number of sulfone groups is 1. The van der Waals surface area contributed by atoms with E-state index in [-0.39, 0.29) is 0 Å². The summed E-state index contributed by atoms with van der Waals surface area (Å²) in [5, 5.41) is 0. The molecule has 5 heteroatoms. The van der Waals surface area contributed by atoms with Crippen molar-refractivity contribution >= 4 is 15.9 Å². The van der Waals surface area contributed by atoms with Gasteiger partial charge in [0.25, 0.3) is 0 Å². The third-order valence-corrected chi connectivity index (χ3v) is 6.57. The molecule has 108 valence electrons. The minimum Gasteiger partial charge on any atom is -0.228 e. The fraction of sp³-hybridized carbons (Fsp3) is 0.533. The standard InChI is InChI=1S/C15H19NO3S/c1-14(2,20(3,18)19)12-5-7-13(8-6-12)15(16-11-17)9-4-10-15/h5-8H,4,9-10H2,1-3H3. The van der Waals surface area contributed by atoms with Gasteiger partial charge in [-0.3, -0.25) is 0 Å². The molecule has 1 fully saturated rings. The van der Waals surface area contributed by atoms with E-state index < -0.39 is 20.1 Å². The molecule has 0 saturated heterocycles. The van der Waals surface area contributed by atoms with E-state index in [0.717, 1.165) is 30.4 Å². The van der Waals surface area contributed by atoms with Crippen molar-refractivity contribution in [2.45, 2.75) is 43.4 Å². The molecule has 0 heterocycles. The molecule has 0 spiro atoms. The van der Waals surface area contributed by atoms with Crippen LogP contribution in [-0.4, -0.2) is 20.8 Å². The van der Waals surface area contributed by atoms with Crippen LogP contribution in [0, 0.1) is 0 Å². The fourth-order valence-electron chi connectivity index (χ4n) is 2.46. The van der Waals surface area contributed by atoms with Crippen LogP contribution in [0.15, 0.2) is 29.3 Å². The summed E-state index contributed by atoms with van der Waals surface area (Å²) in [6.07, 6.45) is 5.63. The molecule has 0 aromatic heterocycles. The highest BCUT2D eigenvalue weighted by Gasteiger charge is 2.39. The Bertz CT molecular complexity index is 649. The molecule has 1 aromatic rings. The van der Waals surface area contributed by atoms with Gasteiger partial charge in [-0.25, -0.2) is 13.2 Å². The molecular weight excluding hydrogens is 274 g/mol. The Kier molecular flexibility index (Phi) is 3.61. The van der Waals surface area contributed by atoms with Gasteiger partial charge >= 0.3 is 0 Å². The Morgan fingerprint density at radius 1 is 1.20 bits per heavy atom. The highest BCUT2D eigenvalue weighted by atomic mass is 32.2. The van der Waals surface area contributed by atoms with Gasteiger partial charge in [0.15, 0.2) is 9.84 Å². The van der Waals surface area contributed by atoms with Crippen molar-refractivity contribution in [3.8, 4) is 0 Å². The highest BCUT2D eigenvalue weighted by Crippen LogP contribution is 2.45. The van der Waals surface area contributed by atoms with E-state index in [1.807, 2.05) is 24.3 Å². The zero-order valence-corrected chi connectivity index (χ0v) is 12.8. The molecule has 1 aliphatic carbocycles. The number of hydrogen-bond acceptors (Lipinski definition) is 4. The van der Waals surface area contributed by atoms with Gasteiger partial charge in [-0.15, -0.1) is 0 Å². The Morgan fingerprint density at radius 2 is 1.75 bits per heavy atom. The van der Waals surface area contributed by atoms with Crippen LogP contribution in [0.25, 0.3) is 0 Å². The maximum Gasteiger partial charge on any atom is 0.235 e. The lowest BCUT2D eigenvalue weighted by atomic mass is 9.72. The normalized spacial score (nSPS) is 17.9. The molecule has 0 bridgehead atoms. The summed E-state index contributed by atoms with van der Waals surface area (Å²) >= 11 is 0. The first-order chi connectivity index (χ1) is 9.23. The summed E-state index contributed by atoms with van der Waals surface area (Å²) in [6, 6.07) is 7.39. The van der Waals surface area contributed by atoms with Crippen LogP contribution in [0.5, 0.6) is 0 Å². The van der Waals surface area contributed by atoms with Gasteiger partial charge in [0.2, 0.25) is 6.08 Å². The predicted octanol–water partition coefficient (Wildman–Crippen LogP) is 2.68. The first kappa shape index (κ1) is 14.9. The van der Waals surface area contributed by atoms with Gasteiger partial charge in [-0.1, -0.05) is 24.3 Å². The molecule has 1 aliphatic rings. The summed E-state index contributed by atoms with van der Waals surface area (Å²) < 4.78 is 22.7. The maximum atomic E-state index is 11.8. The summed E-state index contributed by atoms with van der Waals surface area (Å²) in [7, 11) is -3.19. The zero-order chi connectivity index (χ0) is 15.0. The number of hydrogen-bond donors (Lipinski definition) is 0. The minimum atomic E-state index is -3.19. The molecule has 2 rings (SSSR count). The first-order valence-corrected chi connectivity index (χ1v) is 8.52. The van der Waals surface area contributed by atoms with Crippen LogP contribution >= 0.6 is 0 Å². The summed E-state index contributed by atoms with van der Waals surface area (Å²) in [5.74, 6) is 0. The van der Waals surface area contributed by atoms with E-state index in [2.05, 4.69) is 4.99 Å². The van der Waals surface area contributed by atoms with E-state index in [1.54, 1.807) is 19.9 Å². The second-order valence-corrected chi connectivity index (χ2v) is 8.51. The lowest BCUT2D eigenvalue weighted by molar-refractivity contribution is 0.256. The van der Waals surface area contributed by atoms with Crippen LogP contribution < -0.4 is 0 Å². The van der Waals surface area contributed by atoms with Crippen molar-refractivity contribution in [2.75, 3.05) is 6.26 Å². The molecule has 0 radical (unpaired) electrons. The Hall–Kier alpha value is -1.45. The van der Waals surface area contributed by atoms with Gasteiger partial charge < -0.3 is 0 Å². The van der Waals surface area contributed by atoms with Crippen molar-refractivity contribution in [2.24, 2.45) is 4.99 Å². The first-order valence-electron chi connectivity index (χ1n) is 6.63. The third kappa shape index (κ3) is 2.32. The summed E-state index contributed by atoms with van der Waals surface area (Å²) in [6.45, 7) is 3.39. The van der Waals surface area contributed by atoms with E-state index in [0.29, 0.717) is 0 Å². The molecule has 0 atom stereocenters. The Morgan fingerprint density at radius 3 is 2.10 bits per heavy atom. The van der Waals surface area contributed by atoms with Gasteiger partial charge in [0, 0.05) is 6.26 Å². The van der Waals surface area contributed by atoms with Crippen molar-refractivity contribution in [3.63, 3.8) is 0 Å². The van der Waals surface area contributed by atoms with E-state index >= 15 is 0 Å². The lowest BCUT2D eigenvalue weighted by Crippen LogP contribution is -2.32. The van der Waals surface area contributed by atoms with Crippen LogP contribution in [0.4, 0.5) is 0 Å². The second kappa shape index (κ2) is 4.83. The Labute approximate surface area is 119 Å². The predicted molar refractivity (Wildman–Crippen MR) is 78.0 cm³/mol. The monoisotopic (exact) mass is 293 g/mol. The number of aliphatic imine (C=N–C) groups is 1. The molecule has 0 amide bonds. The summed E-state index contributed by atoms with van der Waals surface area (Å²) in [4.78, 5) is 14.5.